The average Bonchev–Trinajstić information content (AvgIpc) is 2.37. The van der Waals surface area contributed by atoms with Crippen molar-refractivity contribution in [3.05, 3.63) is 0 Å². The maximum absolute atomic E-state index is 9.52. The molecule has 1 rings (SSSR count). The van der Waals surface area contributed by atoms with Gasteiger partial charge in [-0.2, -0.15) is 0 Å². The minimum Gasteiger partial charge on any atom is -0.394 e. The molecule has 1 aliphatic rings. The number of aliphatic hydroxyl groups is 1. The minimum atomic E-state index is -0.123. The van der Waals surface area contributed by atoms with Crippen molar-refractivity contribution in [3.63, 3.8) is 0 Å². The van der Waals surface area contributed by atoms with Gasteiger partial charge in [0.25, 0.3) is 0 Å². The molecule has 3 atom stereocenters. The van der Waals surface area contributed by atoms with Crippen LogP contribution >= 0.6 is 0 Å². The van der Waals surface area contributed by atoms with E-state index in [1.807, 2.05) is 7.05 Å². The zero-order valence-electron chi connectivity index (χ0n) is 14.2. The lowest BCUT2D eigenvalue weighted by molar-refractivity contribution is -0.0263. The summed E-state index contributed by atoms with van der Waals surface area (Å²) >= 11 is 0. The molecule has 3 unspecified atom stereocenters. The first kappa shape index (κ1) is 17.9. The van der Waals surface area contributed by atoms with Gasteiger partial charge in [-0.15, -0.1) is 0 Å². The lowest BCUT2D eigenvalue weighted by atomic mass is 9.71. The molecular formula is C17H35NO2. The van der Waals surface area contributed by atoms with Crippen molar-refractivity contribution in [2.75, 3.05) is 20.3 Å². The van der Waals surface area contributed by atoms with Crippen LogP contribution < -0.4 is 5.32 Å². The third-order valence-corrected chi connectivity index (χ3v) is 5.01. The van der Waals surface area contributed by atoms with E-state index in [4.69, 9.17) is 4.74 Å². The van der Waals surface area contributed by atoms with E-state index in [1.165, 1.54) is 19.3 Å². The summed E-state index contributed by atoms with van der Waals surface area (Å²) in [6.07, 6.45) is 7.07. The fraction of sp³-hybridized carbons (Fsp3) is 1.00. The Morgan fingerprint density at radius 2 is 2.05 bits per heavy atom. The molecule has 0 aliphatic heterocycles. The molecule has 120 valence electrons. The van der Waals surface area contributed by atoms with Crippen LogP contribution in [0.4, 0.5) is 0 Å². The zero-order chi connectivity index (χ0) is 15.2. The van der Waals surface area contributed by atoms with Gasteiger partial charge >= 0.3 is 0 Å². The molecule has 1 aliphatic carbocycles. The topological polar surface area (TPSA) is 41.5 Å². The molecule has 0 bridgehead atoms. The number of rotatable bonds is 8. The van der Waals surface area contributed by atoms with Gasteiger partial charge in [0.05, 0.1) is 12.7 Å². The van der Waals surface area contributed by atoms with Gasteiger partial charge in [-0.3, -0.25) is 0 Å². The fourth-order valence-corrected chi connectivity index (χ4v) is 3.79. The van der Waals surface area contributed by atoms with Crippen LogP contribution in [0, 0.1) is 11.3 Å². The van der Waals surface area contributed by atoms with Gasteiger partial charge in [-0.25, -0.2) is 0 Å². The second-order valence-electron chi connectivity index (χ2n) is 7.55. The van der Waals surface area contributed by atoms with E-state index in [0.717, 1.165) is 31.8 Å². The van der Waals surface area contributed by atoms with Crippen molar-refractivity contribution in [2.24, 2.45) is 11.3 Å². The predicted molar refractivity (Wildman–Crippen MR) is 84.9 cm³/mol. The number of hydrogen-bond acceptors (Lipinski definition) is 3. The molecule has 0 radical (unpaired) electrons. The summed E-state index contributed by atoms with van der Waals surface area (Å²) in [6.45, 7) is 10.2. The van der Waals surface area contributed by atoms with E-state index in [0.29, 0.717) is 11.5 Å². The lowest BCUT2D eigenvalue weighted by Crippen LogP contribution is -2.46. The molecule has 0 heterocycles. The highest BCUT2D eigenvalue weighted by Gasteiger charge is 2.32. The Balaban J connectivity index is 2.30. The lowest BCUT2D eigenvalue weighted by Gasteiger charge is -2.39. The molecule has 3 nitrogen and oxygen atoms in total. The van der Waals surface area contributed by atoms with Gasteiger partial charge in [0.2, 0.25) is 0 Å². The first-order valence-electron chi connectivity index (χ1n) is 8.28. The van der Waals surface area contributed by atoms with Gasteiger partial charge in [0, 0.05) is 12.1 Å². The number of hydrogen-bond donors (Lipinski definition) is 2. The molecule has 2 N–H and O–H groups in total. The Kier molecular flexibility index (Phi) is 6.96. The summed E-state index contributed by atoms with van der Waals surface area (Å²) in [5.74, 6) is 0.772. The van der Waals surface area contributed by atoms with Gasteiger partial charge in [0.1, 0.15) is 0 Å². The van der Waals surface area contributed by atoms with Crippen molar-refractivity contribution in [1.82, 2.24) is 5.32 Å². The quantitative estimate of drug-likeness (QED) is 0.672. The van der Waals surface area contributed by atoms with E-state index in [1.54, 1.807) is 0 Å². The second-order valence-corrected chi connectivity index (χ2v) is 7.55. The van der Waals surface area contributed by atoms with Crippen molar-refractivity contribution in [1.29, 1.82) is 0 Å². The van der Waals surface area contributed by atoms with E-state index in [-0.39, 0.29) is 12.1 Å². The normalized spacial score (nSPS) is 29.1. The average molecular weight is 285 g/mol. The van der Waals surface area contributed by atoms with Crippen molar-refractivity contribution in [3.8, 4) is 0 Å². The fourth-order valence-electron chi connectivity index (χ4n) is 3.79. The highest BCUT2D eigenvalue weighted by atomic mass is 16.5. The van der Waals surface area contributed by atoms with Gasteiger partial charge < -0.3 is 15.2 Å². The Morgan fingerprint density at radius 3 is 2.55 bits per heavy atom. The van der Waals surface area contributed by atoms with Gasteiger partial charge in [-0.05, 0) is 56.9 Å². The molecule has 0 aromatic rings. The number of nitrogens with one attached hydrogen (secondary N) is 1. The predicted octanol–water partition coefficient (Wildman–Crippen LogP) is 3.36. The second kappa shape index (κ2) is 7.77. The maximum atomic E-state index is 9.52. The van der Waals surface area contributed by atoms with Crippen molar-refractivity contribution in [2.45, 2.75) is 77.9 Å². The van der Waals surface area contributed by atoms with Crippen LogP contribution in [-0.4, -0.2) is 37.0 Å². The Hall–Kier alpha value is -0.120. The van der Waals surface area contributed by atoms with E-state index in [2.05, 4.69) is 33.0 Å². The summed E-state index contributed by atoms with van der Waals surface area (Å²) in [6, 6.07) is 0. The van der Waals surface area contributed by atoms with Crippen LogP contribution in [0.3, 0.4) is 0 Å². The highest BCUT2D eigenvalue weighted by molar-refractivity contribution is 4.85. The standard InChI is InChI=1S/C17H35NO2/c1-6-17(13-19,18-5)8-7-9-20-15-10-14(2)11-16(3,4)12-15/h14-15,18-19H,6-13H2,1-5H3. The third-order valence-electron chi connectivity index (χ3n) is 5.01. The van der Waals surface area contributed by atoms with Crippen LogP contribution in [0.5, 0.6) is 0 Å². The molecular weight excluding hydrogens is 250 g/mol. The van der Waals surface area contributed by atoms with Gasteiger partial charge in [0.15, 0.2) is 0 Å². The molecule has 0 saturated heterocycles. The Labute approximate surface area is 125 Å². The Morgan fingerprint density at radius 1 is 1.35 bits per heavy atom. The molecule has 0 amide bonds. The van der Waals surface area contributed by atoms with Crippen LogP contribution in [0.1, 0.15) is 66.2 Å². The molecule has 3 heteroatoms. The van der Waals surface area contributed by atoms with Crippen LogP contribution in [0.15, 0.2) is 0 Å². The van der Waals surface area contributed by atoms with Crippen molar-refractivity contribution < 1.29 is 9.84 Å². The molecule has 0 aromatic heterocycles. The summed E-state index contributed by atoms with van der Waals surface area (Å²) in [7, 11) is 1.94. The Bertz CT molecular complexity index is 266. The maximum Gasteiger partial charge on any atom is 0.0613 e. The third kappa shape index (κ3) is 5.34. The minimum absolute atomic E-state index is 0.123. The highest BCUT2D eigenvalue weighted by Crippen LogP contribution is 2.39. The first-order valence-corrected chi connectivity index (χ1v) is 8.28. The molecule has 20 heavy (non-hydrogen) atoms. The van der Waals surface area contributed by atoms with Crippen LogP contribution in [-0.2, 0) is 4.74 Å². The molecule has 1 saturated carbocycles. The van der Waals surface area contributed by atoms with E-state index in [9.17, 15) is 5.11 Å². The summed E-state index contributed by atoms with van der Waals surface area (Å²) in [5, 5.41) is 12.8. The monoisotopic (exact) mass is 285 g/mol. The van der Waals surface area contributed by atoms with Crippen LogP contribution in [0.2, 0.25) is 0 Å². The number of likely N-dealkylation sites (N-methyl/N-ethyl adjacent to an activating group) is 1. The smallest absolute Gasteiger partial charge is 0.0613 e. The van der Waals surface area contributed by atoms with Crippen molar-refractivity contribution >= 4 is 0 Å². The summed E-state index contributed by atoms with van der Waals surface area (Å²) < 4.78 is 6.11. The SMILES string of the molecule is CCC(CO)(CCCOC1CC(C)CC(C)(C)C1)NC. The van der Waals surface area contributed by atoms with Gasteiger partial charge in [-0.1, -0.05) is 27.7 Å². The zero-order valence-corrected chi connectivity index (χ0v) is 14.2. The summed E-state index contributed by atoms with van der Waals surface area (Å²) in [5.41, 5.74) is 0.300. The number of ether oxygens (including phenoxy) is 1. The molecule has 1 fully saturated rings. The van der Waals surface area contributed by atoms with Crippen LogP contribution in [0.25, 0.3) is 0 Å². The first-order chi connectivity index (χ1) is 9.36. The van der Waals surface area contributed by atoms with E-state index >= 15 is 0 Å². The summed E-state index contributed by atoms with van der Waals surface area (Å²) in [4.78, 5) is 0. The number of aliphatic hydroxyl groups excluding tert-OH is 1. The largest absolute Gasteiger partial charge is 0.394 e. The molecule has 0 spiro atoms. The van der Waals surface area contributed by atoms with E-state index < -0.39 is 0 Å². The molecule has 0 aromatic carbocycles.